The van der Waals surface area contributed by atoms with Gasteiger partial charge in [-0.3, -0.25) is 9.59 Å². The van der Waals surface area contributed by atoms with Gasteiger partial charge in [-0.05, 0) is 81.9 Å². The molecule has 2 atom stereocenters. The average molecular weight is 486 g/mol. The van der Waals surface area contributed by atoms with Crippen molar-refractivity contribution < 1.29 is 22.4 Å². The Hall–Kier alpha value is -1.71. The van der Waals surface area contributed by atoms with Crippen LogP contribution < -0.4 is 15.8 Å². The first-order valence-electron chi connectivity index (χ1n) is 10.9. The van der Waals surface area contributed by atoms with Crippen molar-refractivity contribution in [1.82, 2.24) is 10.0 Å². The molecule has 4 fully saturated rings. The van der Waals surface area contributed by atoms with Crippen LogP contribution in [-0.4, -0.2) is 31.8 Å². The van der Waals surface area contributed by atoms with Gasteiger partial charge in [0.25, 0.3) is 0 Å². The number of amides is 2. The van der Waals surface area contributed by atoms with E-state index in [1.165, 1.54) is 0 Å². The molecule has 1 aromatic carbocycles. The summed E-state index contributed by atoms with van der Waals surface area (Å²) >= 11 is 5.91. The third-order valence-corrected chi connectivity index (χ3v) is 9.50. The minimum atomic E-state index is -4.06. The molecule has 0 spiro atoms. The van der Waals surface area contributed by atoms with E-state index in [4.69, 9.17) is 17.3 Å². The van der Waals surface area contributed by atoms with E-state index in [2.05, 4.69) is 10.0 Å². The number of carbonyl (C=O) groups excluding carboxylic acids is 2. The van der Waals surface area contributed by atoms with Crippen LogP contribution in [0.4, 0.5) is 4.39 Å². The number of halogens is 2. The van der Waals surface area contributed by atoms with E-state index in [9.17, 15) is 22.4 Å². The van der Waals surface area contributed by atoms with Gasteiger partial charge in [-0.25, -0.2) is 17.5 Å². The number of primary amides is 1. The first-order chi connectivity index (χ1) is 14.8. The molecule has 0 aliphatic heterocycles. The molecule has 1 aromatic rings. The van der Waals surface area contributed by atoms with Crippen molar-refractivity contribution in [2.24, 2.45) is 28.9 Å². The van der Waals surface area contributed by atoms with E-state index in [1.54, 1.807) is 13.8 Å². The predicted octanol–water partition coefficient (Wildman–Crippen LogP) is 2.72. The summed E-state index contributed by atoms with van der Waals surface area (Å²) in [7, 11) is -4.06. The second kappa shape index (κ2) is 7.95. The zero-order chi connectivity index (χ0) is 23.5. The quantitative estimate of drug-likeness (QED) is 0.550. The van der Waals surface area contributed by atoms with E-state index in [0.29, 0.717) is 18.8 Å². The van der Waals surface area contributed by atoms with E-state index in [0.717, 1.165) is 37.5 Å². The maximum atomic E-state index is 13.3. The molecule has 4 N–H and O–H groups in total. The summed E-state index contributed by atoms with van der Waals surface area (Å²) in [4.78, 5) is 24.7. The van der Waals surface area contributed by atoms with Gasteiger partial charge in [0.2, 0.25) is 21.8 Å². The molecule has 7 nitrogen and oxygen atoms in total. The van der Waals surface area contributed by atoms with Gasteiger partial charge in [0.1, 0.15) is 10.7 Å². The maximum Gasteiger partial charge on any atom is 0.242 e. The van der Waals surface area contributed by atoms with E-state index >= 15 is 0 Å². The number of sulfonamides is 1. The zero-order valence-corrected chi connectivity index (χ0v) is 19.7. The Kier molecular flexibility index (Phi) is 5.83. The van der Waals surface area contributed by atoms with Crippen molar-refractivity contribution in [2.75, 3.05) is 0 Å². The summed E-state index contributed by atoms with van der Waals surface area (Å²) in [5, 5.41) is 2.89. The maximum absolute atomic E-state index is 13.3. The lowest BCUT2D eigenvalue weighted by Crippen LogP contribution is -2.62. The first-order valence-corrected chi connectivity index (χ1v) is 12.7. The lowest BCUT2D eigenvalue weighted by Gasteiger charge is -2.58. The molecule has 0 aromatic heterocycles. The molecule has 0 saturated heterocycles. The lowest BCUT2D eigenvalue weighted by molar-refractivity contribution is -0.147. The predicted molar refractivity (Wildman–Crippen MR) is 118 cm³/mol. The normalized spacial score (nSPS) is 31.5. The highest BCUT2D eigenvalue weighted by molar-refractivity contribution is 7.89. The number of hydrogen-bond donors (Lipinski definition) is 3. The number of benzene rings is 1. The monoisotopic (exact) mass is 485 g/mol. The van der Waals surface area contributed by atoms with Crippen molar-refractivity contribution in [1.29, 1.82) is 0 Å². The van der Waals surface area contributed by atoms with Crippen LogP contribution in [0.3, 0.4) is 0 Å². The Morgan fingerprint density at radius 2 is 1.84 bits per heavy atom. The second-order valence-electron chi connectivity index (χ2n) is 10.4. The van der Waals surface area contributed by atoms with Crippen LogP contribution in [0.25, 0.3) is 0 Å². The highest BCUT2D eigenvalue weighted by Gasteiger charge is 2.58. The van der Waals surface area contributed by atoms with Gasteiger partial charge in [0, 0.05) is 23.4 Å². The SMILES string of the molecule is CC(C)(CC(=O)N[C@H]1C2CC3CC1C[C@](C(N)=O)(C3)C2)NS(=O)(=O)c1ccc(F)cc1Cl. The molecule has 10 heteroatoms. The van der Waals surface area contributed by atoms with Crippen molar-refractivity contribution in [2.45, 2.75) is 68.8 Å². The van der Waals surface area contributed by atoms with Gasteiger partial charge < -0.3 is 11.1 Å². The Balaban J connectivity index is 1.41. The number of carbonyl (C=O) groups is 2. The standard InChI is InChI=1S/C22H29ClFN3O4S/c1-21(2,27-32(30,31)17-4-3-15(24)7-16(17)23)11-18(28)26-19-13-5-12-6-14(19)10-22(8-12,9-13)20(25)29/h3-4,7,12-14,19,27H,5-6,8-11H2,1-2H3,(H2,25,29)(H,26,28)/t12?,13?,14?,19-,22-. The summed E-state index contributed by atoms with van der Waals surface area (Å²) < 4.78 is 41.3. The highest BCUT2D eigenvalue weighted by Crippen LogP contribution is 2.59. The van der Waals surface area contributed by atoms with Crippen LogP contribution in [0.5, 0.6) is 0 Å². The number of nitrogens with one attached hydrogen (secondary N) is 2. The Morgan fingerprint density at radius 3 is 2.41 bits per heavy atom. The van der Waals surface area contributed by atoms with Crippen LogP contribution in [0, 0.1) is 29.0 Å². The van der Waals surface area contributed by atoms with Gasteiger partial charge in [0.15, 0.2) is 0 Å². The highest BCUT2D eigenvalue weighted by atomic mass is 35.5. The van der Waals surface area contributed by atoms with Crippen LogP contribution in [0.15, 0.2) is 23.1 Å². The fraction of sp³-hybridized carbons (Fsp3) is 0.636. The minimum absolute atomic E-state index is 0.0227. The fourth-order valence-corrected chi connectivity index (χ4v) is 8.29. The van der Waals surface area contributed by atoms with Crippen molar-refractivity contribution >= 4 is 33.4 Å². The van der Waals surface area contributed by atoms with Crippen molar-refractivity contribution in [3.05, 3.63) is 29.0 Å². The number of rotatable bonds is 7. The van der Waals surface area contributed by atoms with Crippen LogP contribution >= 0.6 is 11.6 Å². The second-order valence-corrected chi connectivity index (χ2v) is 12.5. The zero-order valence-electron chi connectivity index (χ0n) is 18.2. The van der Waals surface area contributed by atoms with Gasteiger partial charge in [0.05, 0.1) is 5.02 Å². The molecule has 4 saturated carbocycles. The van der Waals surface area contributed by atoms with E-state index in [-0.39, 0.29) is 46.0 Å². The van der Waals surface area contributed by atoms with Crippen LogP contribution in [-0.2, 0) is 19.6 Å². The lowest BCUT2D eigenvalue weighted by atomic mass is 9.47. The van der Waals surface area contributed by atoms with Crippen LogP contribution in [0.1, 0.15) is 52.4 Å². The molecular formula is C22H29ClFN3O4S. The Morgan fingerprint density at radius 1 is 1.22 bits per heavy atom. The number of hydrogen-bond acceptors (Lipinski definition) is 4. The molecule has 2 amide bonds. The van der Waals surface area contributed by atoms with Gasteiger partial charge in [-0.2, -0.15) is 0 Å². The van der Waals surface area contributed by atoms with E-state index in [1.807, 2.05) is 0 Å². The molecule has 4 bridgehead atoms. The average Bonchev–Trinajstić information content (AvgIpc) is 2.62. The smallest absolute Gasteiger partial charge is 0.242 e. The van der Waals surface area contributed by atoms with Gasteiger partial charge >= 0.3 is 0 Å². The molecule has 2 unspecified atom stereocenters. The molecule has 0 heterocycles. The molecule has 5 rings (SSSR count). The largest absolute Gasteiger partial charge is 0.369 e. The van der Waals surface area contributed by atoms with Gasteiger partial charge in [-0.15, -0.1) is 0 Å². The Bertz CT molecular complexity index is 1050. The third-order valence-electron chi connectivity index (χ3n) is 7.32. The third kappa shape index (κ3) is 4.39. The molecule has 4 aliphatic rings. The minimum Gasteiger partial charge on any atom is -0.369 e. The first kappa shape index (κ1) is 23.4. The van der Waals surface area contributed by atoms with Gasteiger partial charge in [-0.1, -0.05) is 11.6 Å². The summed E-state index contributed by atoms with van der Waals surface area (Å²) in [6, 6.07) is 3.02. The molecule has 4 aliphatic carbocycles. The van der Waals surface area contributed by atoms with Crippen molar-refractivity contribution in [3.63, 3.8) is 0 Å². The summed E-state index contributed by atoms with van der Waals surface area (Å²) in [6.07, 6.45) is 4.16. The van der Waals surface area contributed by atoms with E-state index < -0.39 is 26.8 Å². The topological polar surface area (TPSA) is 118 Å². The molecule has 0 radical (unpaired) electrons. The molecule has 32 heavy (non-hydrogen) atoms. The summed E-state index contributed by atoms with van der Waals surface area (Å²) in [6.45, 7) is 3.22. The number of nitrogens with two attached hydrogens (primary N) is 1. The summed E-state index contributed by atoms with van der Waals surface area (Å²) in [5.41, 5.74) is 4.20. The Labute approximate surface area is 192 Å². The molecule has 176 valence electrons. The van der Waals surface area contributed by atoms with Crippen molar-refractivity contribution in [3.8, 4) is 0 Å². The fourth-order valence-electron chi connectivity index (χ4n) is 6.35. The summed E-state index contributed by atoms with van der Waals surface area (Å²) in [5.74, 6) is -0.200. The molecular weight excluding hydrogens is 457 g/mol. The van der Waals surface area contributed by atoms with Crippen LogP contribution in [0.2, 0.25) is 5.02 Å².